The number of carboxylic acid groups (broad SMARTS) is 1. The molecule has 0 aliphatic heterocycles. The van der Waals surface area contributed by atoms with E-state index in [1.165, 1.54) is 18.7 Å². The lowest BCUT2D eigenvalue weighted by atomic mass is 9.94. The summed E-state index contributed by atoms with van der Waals surface area (Å²) in [6.45, 7) is 6.37. The first-order chi connectivity index (χ1) is 7.54. The summed E-state index contributed by atoms with van der Waals surface area (Å²) in [5.41, 5.74) is -1.70. The first kappa shape index (κ1) is 15.7. The molecule has 0 aromatic carbocycles. The van der Waals surface area contributed by atoms with E-state index in [0.717, 1.165) is 0 Å². The third kappa shape index (κ3) is 4.22. The highest BCUT2D eigenvalue weighted by molar-refractivity contribution is 5.77. The number of carbonyl (C=O) groups is 2. The van der Waals surface area contributed by atoms with Gasteiger partial charge in [-0.1, -0.05) is 0 Å². The molecule has 2 amide bonds. The minimum absolute atomic E-state index is 0.0347. The molecule has 0 fully saturated rings. The van der Waals surface area contributed by atoms with E-state index in [4.69, 9.17) is 10.2 Å². The molecule has 6 heteroatoms. The molecule has 0 aromatic rings. The van der Waals surface area contributed by atoms with Crippen LogP contribution in [0.5, 0.6) is 0 Å². The molecule has 0 radical (unpaired) electrons. The summed E-state index contributed by atoms with van der Waals surface area (Å²) in [5, 5.41) is 20.5. The van der Waals surface area contributed by atoms with Crippen LogP contribution in [0.2, 0.25) is 0 Å². The van der Waals surface area contributed by atoms with Crippen LogP contribution in [0.3, 0.4) is 0 Å². The molecule has 3 N–H and O–H groups in total. The van der Waals surface area contributed by atoms with Crippen molar-refractivity contribution in [2.75, 3.05) is 20.2 Å². The molecule has 0 aliphatic rings. The molecule has 6 nitrogen and oxygen atoms in total. The Labute approximate surface area is 102 Å². The second-order valence-corrected chi connectivity index (χ2v) is 5.38. The van der Waals surface area contributed by atoms with Gasteiger partial charge in [-0.15, -0.1) is 0 Å². The van der Waals surface area contributed by atoms with Gasteiger partial charge in [0.2, 0.25) is 0 Å². The zero-order valence-corrected chi connectivity index (χ0v) is 11.1. The number of rotatable bonds is 5. The fraction of sp³-hybridized carbons (Fsp3) is 0.818. The quantitative estimate of drug-likeness (QED) is 0.659. The number of nitrogens with one attached hydrogen (secondary N) is 1. The Kier molecular flexibility index (Phi) is 4.94. The van der Waals surface area contributed by atoms with E-state index in [1.807, 2.05) is 0 Å². The SMILES string of the molecule is CN(C(=O)NCC(C)(C)C(=O)O)C(C)(C)CO. The first-order valence-electron chi connectivity index (χ1n) is 5.40. The third-order valence-corrected chi connectivity index (χ3v) is 2.86. The van der Waals surface area contributed by atoms with E-state index in [1.54, 1.807) is 20.9 Å². The number of hydrogen-bond donors (Lipinski definition) is 3. The lowest BCUT2D eigenvalue weighted by Crippen LogP contribution is -2.53. The maximum absolute atomic E-state index is 11.7. The van der Waals surface area contributed by atoms with Gasteiger partial charge in [-0.05, 0) is 27.7 Å². The molecule has 17 heavy (non-hydrogen) atoms. The first-order valence-corrected chi connectivity index (χ1v) is 5.40. The van der Waals surface area contributed by atoms with Crippen molar-refractivity contribution in [2.45, 2.75) is 33.2 Å². The number of likely N-dealkylation sites (N-methyl/N-ethyl adjacent to an activating group) is 1. The lowest BCUT2D eigenvalue weighted by molar-refractivity contribution is -0.146. The third-order valence-electron chi connectivity index (χ3n) is 2.86. The number of aliphatic hydroxyl groups excluding tert-OH is 1. The number of urea groups is 1. The molecule has 100 valence electrons. The summed E-state index contributed by atoms with van der Waals surface area (Å²) in [7, 11) is 1.55. The smallest absolute Gasteiger partial charge is 0.317 e. The van der Waals surface area contributed by atoms with Crippen LogP contribution in [0, 0.1) is 5.41 Å². The van der Waals surface area contributed by atoms with Crippen molar-refractivity contribution < 1.29 is 19.8 Å². The highest BCUT2D eigenvalue weighted by Gasteiger charge is 2.31. The van der Waals surface area contributed by atoms with Gasteiger partial charge in [0.05, 0.1) is 17.6 Å². The fourth-order valence-corrected chi connectivity index (χ4v) is 0.872. The fourth-order valence-electron chi connectivity index (χ4n) is 0.872. The molecular formula is C11H22N2O4. The van der Waals surface area contributed by atoms with Gasteiger partial charge in [0.1, 0.15) is 0 Å². The number of nitrogens with zero attached hydrogens (tertiary/aromatic N) is 1. The van der Waals surface area contributed by atoms with Crippen LogP contribution in [0.1, 0.15) is 27.7 Å². The Morgan fingerprint density at radius 3 is 2.06 bits per heavy atom. The number of hydrogen-bond acceptors (Lipinski definition) is 3. The van der Waals surface area contributed by atoms with Gasteiger partial charge in [0.15, 0.2) is 0 Å². The molecule has 0 aliphatic carbocycles. The predicted octanol–water partition coefficient (Wildman–Crippen LogP) is 0.510. The molecule has 0 saturated carbocycles. The Hall–Kier alpha value is -1.30. The van der Waals surface area contributed by atoms with Gasteiger partial charge in [0, 0.05) is 13.6 Å². The summed E-state index contributed by atoms with van der Waals surface area (Å²) >= 11 is 0. The average molecular weight is 246 g/mol. The predicted molar refractivity (Wildman–Crippen MR) is 63.7 cm³/mol. The van der Waals surface area contributed by atoms with Crippen LogP contribution in [0.15, 0.2) is 0 Å². The number of carboxylic acids is 1. The summed E-state index contributed by atoms with van der Waals surface area (Å²) in [6.07, 6.45) is 0. The number of aliphatic hydroxyl groups is 1. The van der Waals surface area contributed by atoms with E-state index in [-0.39, 0.29) is 13.2 Å². The van der Waals surface area contributed by atoms with Gasteiger partial charge in [-0.3, -0.25) is 4.79 Å². The van der Waals surface area contributed by atoms with Crippen molar-refractivity contribution in [2.24, 2.45) is 5.41 Å². The maximum Gasteiger partial charge on any atom is 0.317 e. The standard InChI is InChI=1S/C11H22N2O4/c1-10(2,8(15)16)6-12-9(17)13(5)11(3,4)7-14/h14H,6-7H2,1-5H3,(H,12,17)(H,15,16). The van der Waals surface area contributed by atoms with Crippen LogP contribution in [-0.2, 0) is 4.79 Å². The zero-order valence-electron chi connectivity index (χ0n) is 11.1. The van der Waals surface area contributed by atoms with E-state index < -0.39 is 23.0 Å². The van der Waals surface area contributed by atoms with E-state index in [9.17, 15) is 9.59 Å². The van der Waals surface area contributed by atoms with Crippen molar-refractivity contribution in [3.8, 4) is 0 Å². The second-order valence-electron chi connectivity index (χ2n) is 5.38. The van der Waals surface area contributed by atoms with Crippen LogP contribution >= 0.6 is 0 Å². The Bertz CT molecular complexity index is 300. The van der Waals surface area contributed by atoms with Crippen LogP contribution in [0.4, 0.5) is 4.79 Å². The molecule has 0 atom stereocenters. The van der Waals surface area contributed by atoms with Crippen molar-refractivity contribution in [1.29, 1.82) is 0 Å². The summed E-state index contributed by atoms with van der Waals surface area (Å²) in [4.78, 5) is 23.9. The Morgan fingerprint density at radius 2 is 1.71 bits per heavy atom. The lowest BCUT2D eigenvalue weighted by Gasteiger charge is -2.34. The molecule has 0 unspecified atom stereocenters. The largest absolute Gasteiger partial charge is 0.481 e. The van der Waals surface area contributed by atoms with Gasteiger partial charge in [-0.25, -0.2) is 4.79 Å². The van der Waals surface area contributed by atoms with E-state index >= 15 is 0 Å². The van der Waals surface area contributed by atoms with Crippen molar-refractivity contribution in [1.82, 2.24) is 10.2 Å². The molecule has 0 rings (SSSR count). The van der Waals surface area contributed by atoms with Gasteiger partial charge in [0.25, 0.3) is 0 Å². The number of carbonyl (C=O) groups excluding carboxylic acids is 1. The van der Waals surface area contributed by atoms with Crippen molar-refractivity contribution in [3.05, 3.63) is 0 Å². The number of amides is 2. The molecule has 0 spiro atoms. The minimum atomic E-state index is -1.01. The van der Waals surface area contributed by atoms with E-state index in [0.29, 0.717) is 0 Å². The second kappa shape index (κ2) is 5.35. The van der Waals surface area contributed by atoms with Gasteiger partial charge in [-0.2, -0.15) is 0 Å². The molecule has 0 heterocycles. The minimum Gasteiger partial charge on any atom is -0.481 e. The van der Waals surface area contributed by atoms with Gasteiger partial charge >= 0.3 is 12.0 Å². The maximum atomic E-state index is 11.7. The van der Waals surface area contributed by atoms with Crippen molar-refractivity contribution >= 4 is 12.0 Å². The summed E-state index contributed by atoms with van der Waals surface area (Å²) in [6, 6.07) is -0.404. The van der Waals surface area contributed by atoms with Crippen LogP contribution in [0.25, 0.3) is 0 Å². The van der Waals surface area contributed by atoms with E-state index in [2.05, 4.69) is 5.32 Å². The van der Waals surface area contributed by atoms with Crippen LogP contribution < -0.4 is 5.32 Å². The van der Waals surface area contributed by atoms with Crippen molar-refractivity contribution in [3.63, 3.8) is 0 Å². The van der Waals surface area contributed by atoms with Gasteiger partial charge < -0.3 is 20.4 Å². The van der Waals surface area contributed by atoms with Crippen LogP contribution in [-0.4, -0.2) is 52.9 Å². The molecule has 0 bridgehead atoms. The Morgan fingerprint density at radius 1 is 1.24 bits per heavy atom. The number of aliphatic carboxylic acids is 1. The summed E-state index contributed by atoms with van der Waals surface area (Å²) in [5.74, 6) is -0.970. The highest BCUT2D eigenvalue weighted by Crippen LogP contribution is 2.15. The highest BCUT2D eigenvalue weighted by atomic mass is 16.4. The monoisotopic (exact) mass is 246 g/mol. The topological polar surface area (TPSA) is 89.9 Å². The average Bonchev–Trinajstić information content (AvgIpc) is 2.24. The zero-order chi connectivity index (χ0) is 13.9. The normalized spacial score (nSPS) is 12.1. The molecule has 0 aromatic heterocycles. The Balaban J connectivity index is 4.43. The molecular weight excluding hydrogens is 224 g/mol. The summed E-state index contributed by atoms with van der Waals surface area (Å²) < 4.78 is 0. The molecule has 0 saturated heterocycles.